The average molecular weight is 554 g/mol. The first-order chi connectivity index (χ1) is 15.3. The molecular weight excluding hydrogens is 540 g/mol. The number of rotatable bonds is 2. The van der Waals surface area contributed by atoms with Crippen molar-refractivity contribution < 1.29 is 14.5 Å². The van der Waals surface area contributed by atoms with Gasteiger partial charge in [0.05, 0.1) is 31.1 Å². The summed E-state index contributed by atoms with van der Waals surface area (Å²) in [5, 5.41) is 11.3. The van der Waals surface area contributed by atoms with Gasteiger partial charge in [-0.2, -0.15) is 0 Å². The van der Waals surface area contributed by atoms with Crippen LogP contribution in [0.4, 0.5) is 11.4 Å². The second kappa shape index (κ2) is 6.36. The number of benzene rings is 3. The Kier molecular flexibility index (Phi) is 3.94. The van der Waals surface area contributed by atoms with E-state index in [9.17, 15) is 19.7 Å². The van der Waals surface area contributed by atoms with Crippen molar-refractivity contribution in [2.24, 2.45) is 11.8 Å². The van der Waals surface area contributed by atoms with Gasteiger partial charge in [-0.3, -0.25) is 19.7 Å². The lowest BCUT2D eigenvalue weighted by Crippen LogP contribution is -2.56. The predicted molar refractivity (Wildman–Crippen MR) is 125 cm³/mol. The molecule has 3 aromatic rings. The van der Waals surface area contributed by atoms with E-state index < -0.39 is 25.4 Å². The molecular formula is C24H14Br2N2O4. The molecule has 1 heterocycles. The van der Waals surface area contributed by atoms with E-state index in [1.165, 1.54) is 18.2 Å². The second-order valence-electron chi connectivity index (χ2n) is 8.26. The van der Waals surface area contributed by atoms with Crippen molar-refractivity contribution in [2.75, 3.05) is 4.90 Å². The maximum atomic E-state index is 13.9. The molecule has 1 fully saturated rings. The molecule has 4 aliphatic rings. The number of hydrogen-bond acceptors (Lipinski definition) is 4. The molecule has 32 heavy (non-hydrogen) atoms. The fourth-order valence-electron chi connectivity index (χ4n) is 5.67. The number of carbonyl (C=O) groups is 2. The Labute approximate surface area is 199 Å². The van der Waals surface area contributed by atoms with Crippen LogP contribution in [0.5, 0.6) is 0 Å². The number of alkyl halides is 2. The zero-order valence-electron chi connectivity index (χ0n) is 16.4. The van der Waals surface area contributed by atoms with E-state index in [0.717, 1.165) is 27.2 Å². The number of hydrogen-bond donors (Lipinski definition) is 0. The Morgan fingerprint density at radius 2 is 1.19 bits per heavy atom. The molecule has 0 radical (unpaired) electrons. The van der Waals surface area contributed by atoms with Crippen LogP contribution < -0.4 is 4.90 Å². The second-order valence-corrected chi connectivity index (χ2v) is 10.8. The third kappa shape index (κ3) is 2.14. The first-order valence-electron chi connectivity index (χ1n) is 10.0. The molecule has 158 valence electrons. The van der Waals surface area contributed by atoms with Gasteiger partial charge in [0.2, 0.25) is 11.8 Å². The van der Waals surface area contributed by atoms with Gasteiger partial charge >= 0.3 is 0 Å². The lowest BCUT2D eigenvalue weighted by Gasteiger charge is -2.55. The van der Waals surface area contributed by atoms with Crippen molar-refractivity contribution in [3.05, 3.63) is 105 Å². The Morgan fingerprint density at radius 3 is 1.59 bits per heavy atom. The smallest absolute Gasteiger partial charge is 0.271 e. The molecule has 2 unspecified atom stereocenters. The van der Waals surface area contributed by atoms with Crippen LogP contribution in [0.2, 0.25) is 0 Å². The largest absolute Gasteiger partial charge is 0.274 e. The molecule has 2 atom stereocenters. The molecule has 3 aliphatic carbocycles. The molecule has 8 heteroatoms. The summed E-state index contributed by atoms with van der Waals surface area (Å²) < 4.78 is -1.77. The predicted octanol–water partition coefficient (Wildman–Crippen LogP) is 5.00. The summed E-state index contributed by atoms with van der Waals surface area (Å²) in [7, 11) is 0. The van der Waals surface area contributed by atoms with Gasteiger partial charge in [0.15, 0.2) is 0 Å². The van der Waals surface area contributed by atoms with Crippen LogP contribution in [0.15, 0.2) is 72.8 Å². The fourth-order valence-corrected chi connectivity index (χ4v) is 7.97. The maximum Gasteiger partial charge on any atom is 0.271 e. The molecule has 0 N–H and O–H groups in total. The number of carbonyl (C=O) groups excluding carboxylic acids is 2. The Hall–Kier alpha value is -2.84. The topological polar surface area (TPSA) is 80.5 Å². The van der Waals surface area contributed by atoms with Gasteiger partial charge in [0.1, 0.15) is 0 Å². The van der Waals surface area contributed by atoms with Gasteiger partial charge < -0.3 is 0 Å². The lowest BCUT2D eigenvalue weighted by atomic mass is 9.54. The first-order valence-corrected chi connectivity index (χ1v) is 11.6. The normalized spacial score (nSPS) is 29.5. The van der Waals surface area contributed by atoms with Crippen LogP contribution in [-0.2, 0) is 18.2 Å². The molecule has 0 aromatic heterocycles. The number of imide groups is 1. The number of nitrogens with zero attached hydrogens (tertiary/aromatic N) is 2. The molecule has 7 rings (SSSR count). The number of nitro groups is 1. The third-order valence-electron chi connectivity index (χ3n) is 6.88. The standard InChI is InChI=1S/C24H14Br2N2O4/c25-23-15-8-1-2-9-16(15)24(26,18-11-4-3-10-17(18)23)20-19(23)21(29)27(22(20)30)13-6-5-7-14(12-13)28(31)32/h1-12,19-20H. The molecule has 0 saturated carbocycles. The number of amides is 2. The highest BCUT2D eigenvalue weighted by atomic mass is 79.9. The van der Waals surface area contributed by atoms with E-state index in [0.29, 0.717) is 0 Å². The highest BCUT2D eigenvalue weighted by molar-refractivity contribution is 9.10. The SMILES string of the molecule is O=C1C2C(C(=O)N1c1cccc([N+](=O)[O-])c1)C1(Br)c3ccccc3C2(Br)c2ccccc21. The number of nitro benzene ring substituents is 1. The fraction of sp³-hybridized carbons (Fsp3) is 0.167. The first kappa shape index (κ1) is 19.8. The molecule has 0 spiro atoms. The summed E-state index contributed by atoms with van der Waals surface area (Å²) in [5.74, 6) is -2.16. The summed E-state index contributed by atoms with van der Waals surface area (Å²) in [6.45, 7) is 0. The Morgan fingerprint density at radius 1 is 0.750 bits per heavy atom. The van der Waals surface area contributed by atoms with Gasteiger partial charge in [-0.15, -0.1) is 0 Å². The summed E-state index contributed by atoms with van der Waals surface area (Å²) in [6.07, 6.45) is 0. The summed E-state index contributed by atoms with van der Waals surface area (Å²) in [4.78, 5) is 39.6. The summed E-state index contributed by atoms with van der Waals surface area (Å²) in [6, 6.07) is 21.3. The third-order valence-corrected chi connectivity index (χ3v) is 9.58. The quantitative estimate of drug-likeness (QED) is 0.193. The van der Waals surface area contributed by atoms with Crippen LogP contribution in [0.3, 0.4) is 0 Å². The zero-order valence-corrected chi connectivity index (χ0v) is 19.5. The van der Waals surface area contributed by atoms with Crippen molar-refractivity contribution in [3.8, 4) is 0 Å². The molecule has 3 aromatic carbocycles. The molecule has 6 nitrogen and oxygen atoms in total. The van der Waals surface area contributed by atoms with Gasteiger partial charge in [-0.05, 0) is 28.3 Å². The van der Waals surface area contributed by atoms with Gasteiger partial charge in [-0.1, -0.05) is 86.5 Å². The van der Waals surface area contributed by atoms with Crippen LogP contribution in [0.25, 0.3) is 0 Å². The van der Waals surface area contributed by atoms with E-state index in [4.69, 9.17) is 0 Å². The lowest BCUT2D eigenvalue weighted by molar-refractivity contribution is -0.384. The molecule has 2 amide bonds. The number of halogens is 2. The van der Waals surface area contributed by atoms with E-state index >= 15 is 0 Å². The molecule has 1 saturated heterocycles. The van der Waals surface area contributed by atoms with E-state index in [-0.39, 0.29) is 23.2 Å². The number of non-ortho nitro benzene ring substituents is 1. The van der Waals surface area contributed by atoms with E-state index in [1.54, 1.807) is 6.07 Å². The van der Waals surface area contributed by atoms with Crippen molar-refractivity contribution in [1.82, 2.24) is 0 Å². The zero-order chi connectivity index (χ0) is 22.4. The van der Waals surface area contributed by atoms with Gasteiger partial charge in [-0.25, -0.2) is 4.90 Å². The minimum atomic E-state index is -0.886. The maximum absolute atomic E-state index is 13.9. The van der Waals surface area contributed by atoms with E-state index in [1.807, 2.05) is 48.5 Å². The van der Waals surface area contributed by atoms with Crippen molar-refractivity contribution in [3.63, 3.8) is 0 Å². The van der Waals surface area contributed by atoms with Crippen LogP contribution in [-0.4, -0.2) is 16.7 Å². The highest BCUT2D eigenvalue weighted by Gasteiger charge is 2.72. The average Bonchev–Trinajstić information content (AvgIpc) is 3.08. The minimum absolute atomic E-state index is 0.172. The van der Waals surface area contributed by atoms with Gasteiger partial charge in [0.25, 0.3) is 5.69 Å². The van der Waals surface area contributed by atoms with E-state index in [2.05, 4.69) is 31.9 Å². The highest BCUT2D eigenvalue weighted by Crippen LogP contribution is 2.70. The molecule has 1 aliphatic heterocycles. The minimum Gasteiger partial charge on any atom is -0.274 e. The van der Waals surface area contributed by atoms with Crippen LogP contribution in [0.1, 0.15) is 22.3 Å². The number of anilines is 1. The van der Waals surface area contributed by atoms with Crippen LogP contribution >= 0.6 is 31.9 Å². The van der Waals surface area contributed by atoms with Crippen molar-refractivity contribution in [1.29, 1.82) is 0 Å². The Bertz CT molecular complexity index is 1250. The monoisotopic (exact) mass is 552 g/mol. The van der Waals surface area contributed by atoms with Crippen molar-refractivity contribution in [2.45, 2.75) is 8.65 Å². The van der Waals surface area contributed by atoms with Crippen LogP contribution in [0, 0.1) is 22.0 Å². The summed E-state index contributed by atoms with van der Waals surface area (Å²) >= 11 is 7.88. The van der Waals surface area contributed by atoms with Crippen molar-refractivity contribution >= 4 is 55.0 Å². The van der Waals surface area contributed by atoms with Gasteiger partial charge in [0, 0.05) is 12.1 Å². The Balaban J connectivity index is 1.63. The summed E-state index contributed by atoms with van der Waals surface area (Å²) in [5.41, 5.74) is 3.81. The molecule has 2 bridgehead atoms.